The predicted molar refractivity (Wildman–Crippen MR) is 98.1 cm³/mol. The number of amides is 1. The van der Waals surface area contributed by atoms with Gasteiger partial charge >= 0.3 is 5.97 Å². The summed E-state index contributed by atoms with van der Waals surface area (Å²) in [5.41, 5.74) is 1.11. The SMILES string of the molecule is CCN(CC)S(=O)(=O)c1ccc(C)c(NC(=O)COC(=O)[C@H]2C[C@H]2C)c1. The van der Waals surface area contributed by atoms with E-state index in [1.165, 1.54) is 16.4 Å². The van der Waals surface area contributed by atoms with Gasteiger partial charge in [-0.2, -0.15) is 4.31 Å². The summed E-state index contributed by atoms with van der Waals surface area (Å²) in [6.07, 6.45) is 0.796. The molecule has 0 bridgehead atoms. The summed E-state index contributed by atoms with van der Waals surface area (Å²) >= 11 is 0. The molecule has 0 aromatic heterocycles. The lowest BCUT2D eigenvalue weighted by Crippen LogP contribution is -2.30. The van der Waals surface area contributed by atoms with Gasteiger partial charge in [0.05, 0.1) is 10.8 Å². The second kappa shape index (κ2) is 8.18. The van der Waals surface area contributed by atoms with Gasteiger partial charge in [0.2, 0.25) is 10.0 Å². The van der Waals surface area contributed by atoms with Gasteiger partial charge in [-0.3, -0.25) is 9.59 Å². The average molecular weight is 382 g/mol. The van der Waals surface area contributed by atoms with Crippen LogP contribution in [0.1, 0.15) is 32.8 Å². The first-order chi connectivity index (χ1) is 12.2. The predicted octanol–water partition coefficient (Wildman–Crippen LogP) is 2.16. The molecule has 0 saturated heterocycles. The highest BCUT2D eigenvalue weighted by Crippen LogP contribution is 2.38. The maximum atomic E-state index is 12.6. The van der Waals surface area contributed by atoms with Crippen LogP contribution in [0, 0.1) is 18.8 Å². The first-order valence-corrected chi connectivity index (χ1v) is 10.2. The molecule has 0 radical (unpaired) electrons. The zero-order valence-corrected chi connectivity index (χ0v) is 16.4. The summed E-state index contributed by atoms with van der Waals surface area (Å²) in [5, 5.41) is 2.62. The fraction of sp³-hybridized carbons (Fsp3) is 0.556. The van der Waals surface area contributed by atoms with Crippen molar-refractivity contribution in [2.45, 2.75) is 39.0 Å². The zero-order chi connectivity index (χ0) is 19.5. The van der Waals surface area contributed by atoms with Crippen LogP contribution < -0.4 is 5.32 Å². The number of anilines is 1. The number of esters is 1. The number of carbonyl (C=O) groups is 2. The van der Waals surface area contributed by atoms with E-state index < -0.39 is 15.9 Å². The molecule has 0 spiro atoms. The number of nitrogens with one attached hydrogen (secondary N) is 1. The minimum absolute atomic E-state index is 0.105. The average Bonchev–Trinajstić information content (AvgIpc) is 3.32. The highest BCUT2D eigenvalue weighted by Gasteiger charge is 2.40. The molecule has 0 heterocycles. The van der Waals surface area contributed by atoms with E-state index in [9.17, 15) is 18.0 Å². The number of sulfonamides is 1. The van der Waals surface area contributed by atoms with Crippen LogP contribution in [0.4, 0.5) is 5.69 Å². The van der Waals surface area contributed by atoms with Crippen molar-refractivity contribution in [1.29, 1.82) is 0 Å². The Bertz CT molecular complexity index is 787. The maximum Gasteiger partial charge on any atom is 0.309 e. The molecule has 1 aliphatic rings. The fourth-order valence-electron chi connectivity index (χ4n) is 2.69. The van der Waals surface area contributed by atoms with Gasteiger partial charge in [0.15, 0.2) is 6.61 Å². The van der Waals surface area contributed by atoms with Crippen LogP contribution in [0.25, 0.3) is 0 Å². The monoisotopic (exact) mass is 382 g/mol. The Balaban J connectivity index is 2.07. The lowest BCUT2D eigenvalue weighted by atomic mass is 10.2. The van der Waals surface area contributed by atoms with E-state index in [1.54, 1.807) is 26.8 Å². The molecule has 26 heavy (non-hydrogen) atoms. The Morgan fingerprint density at radius 2 is 1.88 bits per heavy atom. The van der Waals surface area contributed by atoms with E-state index in [0.29, 0.717) is 24.7 Å². The fourth-order valence-corrected chi connectivity index (χ4v) is 4.17. The van der Waals surface area contributed by atoms with Crippen LogP contribution in [0.2, 0.25) is 0 Å². The molecule has 1 saturated carbocycles. The summed E-state index contributed by atoms with van der Waals surface area (Å²) < 4.78 is 31.6. The third-order valence-electron chi connectivity index (χ3n) is 4.58. The van der Waals surface area contributed by atoms with Gasteiger partial charge in [0.1, 0.15) is 0 Å². The van der Waals surface area contributed by atoms with Gasteiger partial charge in [-0.05, 0) is 37.0 Å². The third-order valence-corrected chi connectivity index (χ3v) is 6.63. The van der Waals surface area contributed by atoms with E-state index in [0.717, 1.165) is 12.0 Å². The van der Waals surface area contributed by atoms with Gasteiger partial charge in [-0.25, -0.2) is 8.42 Å². The van der Waals surface area contributed by atoms with Crippen LogP contribution in [-0.2, 0) is 24.3 Å². The lowest BCUT2D eigenvalue weighted by molar-refractivity contribution is -0.148. The van der Waals surface area contributed by atoms with Crippen molar-refractivity contribution >= 4 is 27.6 Å². The number of carbonyl (C=O) groups excluding carboxylic acids is 2. The molecule has 0 unspecified atom stereocenters. The maximum absolute atomic E-state index is 12.6. The number of ether oxygens (including phenoxy) is 1. The first-order valence-electron chi connectivity index (χ1n) is 8.78. The molecule has 1 N–H and O–H groups in total. The highest BCUT2D eigenvalue weighted by atomic mass is 32.2. The van der Waals surface area contributed by atoms with Crippen molar-refractivity contribution in [3.05, 3.63) is 23.8 Å². The van der Waals surface area contributed by atoms with Gasteiger partial charge < -0.3 is 10.1 Å². The molecule has 1 aromatic rings. The van der Waals surface area contributed by atoms with Crippen molar-refractivity contribution in [1.82, 2.24) is 4.31 Å². The standard InChI is InChI=1S/C18H26N2O5S/c1-5-20(6-2)26(23,24)14-8-7-12(3)16(10-14)19-17(21)11-25-18(22)15-9-13(15)4/h7-8,10,13,15H,5-6,9,11H2,1-4H3,(H,19,21)/t13-,15+/m1/s1. The zero-order valence-electron chi connectivity index (χ0n) is 15.6. The largest absolute Gasteiger partial charge is 0.455 e. The summed E-state index contributed by atoms with van der Waals surface area (Å²) in [6, 6.07) is 4.60. The molecule has 1 aromatic carbocycles. The molecular weight excluding hydrogens is 356 g/mol. The first kappa shape index (κ1) is 20.4. The summed E-state index contributed by atoms with van der Waals surface area (Å²) in [4.78, 5) is 23.8. The summed E-state index contributed by atoms with van der Waals surface area (Å²) in [7, 11) is -3.61. The van der Waals surface area contributed by atoms with E-state index >= 15 is 0 Å². The Kier molecular flexibility index (Phi) is 6.41. The van der Waals surface area contributed by atoms with Crippen LogP contribution in [0.3, 0.4) is 0 Å². The second-order valence-corrected chi connectivity index (χ2v) is 8.48. The molecule has 144 valence electrons. The Morgan fingerprint density at radius 3 is 2.42 bits per heavy atom. The van der Waals surface area contributed by atoms with Gasteiger partial charge in [0, 0.05) is 18.8 Å². The van der Waals surface area contributed by atoms with Crippen molar-refractivity contribution in [3.8, 4) is 0 Å². The molecule has 0 aliphatic heterocycles. The molecule has 2 rings (SSSR count). The number of hydrogen-bond acceptors (Lipinski definition) is 5. The number of aryl methyl sites for hydroxylation is 1. The van der Waals surface area contributed by atoms with Crippen LogP contribution in [0.5, 0.6) is 0 Å². The molecule has 2 atom stereocenters. The van der Waals surface area contributed by atoms with Gasteiger partial charge in [0.25, 0.3) is 5.91 Å². The van der Waals surface area contributed by atoms with Crippen LogP contribution in [0.15, 0.2) is 23.1 Å². The third kappa shape index (κ3) is 4.62. The normalized spacial score (nSPS) is 19.3. The highest BCUT2D eigenvalue weighted by molar-refractivity contribution is 7.89. The Labute approximate surface area is 154 Å². The number of rotatable bonds is 8. The molecule has 1 fully saturated rings. The van der Waals surface area contributed by atoms with E-state index in [1.807, 2.05) is 6.92 Å². The number of benzene rings is 1. The van der Waals surface area contributed by atoms with Crippen LogP contribution >= 0.6 is 0 Å². The topological polar surface area (TPSA) is 92.8 Å². The van der Waals surface area contributed by atoms with Gasteiger partial charge in [-0.1, -0.05) is 26.8 Å². The number of hydrogen-bond donors (Lipinski definition) is 1. The molecule has 7 nitrogen and oxygen atoms in total. The molecule has 1 amide bonds. The smallest absolute Gasteiger partial charge is 0.309 e. The van der Waals surface area contributed by atoms with Crippen molar-refractivity contribution < 1.29 is 22.7 Å². The van der Waals surface area contributed by atoms with Crippen LogP contribution in [-0.4, -0.2) is 44.3 Å². The van der Waals surface area contributed by atoms with E-state index in [-0.39, 0.29) is 23.4 Å². The molecule has 1 aliphatic carbocycles. The molecule has 8 heteroatoms. The quantitative estimate of drug-likeness (QED) is 0.696. The minimum Gasteiger partial charge on any atom is -0.455 e. The summed E-state index contributed by atoms with van der Waals surface area (Å²) in [5.74, 6) is -0.642. The lowest BCUT2D eigenvalue weighted by Gasteiger charge is -2.19. The summed E-state index contributed by atoms with van der Waals surface area (Å²) in [6.45, 7) is 7.61. The van der Waals surface area contributed by atoms with E-state index in [2.05, 4.69) is 5.32 Å². The van der Waals surface area contributed by atoms with Crippen molar-refractivity contribution in [2.24, 2.45) is 11.8 Å². The Hall–Kier alpha value is -1.93. The van der Waals surface area contributed by atoms with Crippen molar-refractivity contribution in [3.63, 3.8) is 0 Å². The Morgan fingerprint density at radius 1 is 1.27 bits per heavy atom. The van der Waals surface area contributed by atoms with E-state index in [4.69, 9.17) is 4.74 Å². The van der Waals surface area contributed by atoms with Gasteiger partial charge in [-0.15, -0.1) is 0 Å². The minimum atomic E-state index is -3.61. The number of nitrogens with zero attached hydrogens (tertiary/aromatic N) is 1. The van der Waals surface area contributed by atoms with Crippen molar-refractivity contribution in [2.75, 3.05) is 25.0 Å². The second-order valence-electron chi connectivity index (χ2n) is 6.54. The molecular formula is C18H26N2O5S.